The molecule has 7 heteroatoms. The topological polar surface area (TPSA) is 49.4 Å². The Kier molecular flexibility index (Phi) is 10.2. The number of rotatable bonds is 10. The molecule has 0 aliphatic carbocycles. The van der Waals surface area contributed by atoms with Gasteiger partial charge in [0, 0.05) is 23.5 Å². The molecule has 3 aromatic rings. The lowest BCUT2D eigenvalue weighted by atomic mass is 10.0. The molecular weight excluding hydrogens is 547 g/mol. The van der Waals surface area contributed by atoms with Crippen LogP contribution in [0.2, 0.25) is 10.0 Å². The number of amides is 2. The van der Waals surface area contributed by atoms with Gasteiger partial charge in [-0.05, 0) is 54.3 Å². The molecule has 0 aliphatic rings. The zero-order valence-corrected chi connectivity index (χ0v) is 22.9. The molecule has 184 valence electrons. The zero-order valence-electron chi connectivity index (χ0n) is 19.8. The number of carbonyl (C=O) groups excluding carboxylic acids is 2. The molecule has 0 aliphatic heterocycles. The van der Waals surface area contributed by atoms with Crippen LogP contribution in [0, 0.1) is 0 Å². The van der Waals surface area contributed by atoms with Gasteiger partial charge in [-0.2, -0.15) is 0 Å². The van der Waals surface area contributed by atoms with Gasteiger partial charge in [0.15, 0.2) is 0 Å². The van der Waals surface area contributed by atoms with Crippen molar-refractivity contribution in [3.8, 4) is 0 Å². The lowest BCUT2D eigenvalue weighted by Gasteiger charge is -2.32. The minimum absolute atomic E-state index is 0.000442. The molecule has 2 amide bonds. The van der Waals surface area contributed by atoms with Crippen LogP contribution in [-0.4, -0.2) is 28.8 Å². The van der Waals surface area contributed by atoms with E-state index >= 15 is 0 Å². The number of nitrogens with zero attached hydrogens (tertiary/aromatic N) is 1. The molecule has 0 saturated heterocycles. The van der Waals surface area contributed by atoms with Crippen LogP contribution in [0.1, 0.15) is 37.0 Å². The van der Waals surface area contributed by atoms with Crippen LogP contribution in [0.3, 0.4) is 0 Å². The van der Waals surface area contributed by atoms with Crippen molar-refractivity contribution in [3.63, 3.8) is 0 Å². The van der Waals surface area contributed by atoms with Gasteiger partial charge in [-0.1, -0.05) is 94.6 Å². The van der Waals surface area contributed by atoms with Crippen molar-refractivity contribution < 1.29 is 9.59 Å². The van der Waals surface area contributed by atoms with Crippen molar-refractivity contribution in [2.24, 2.45) is 0 Å². The molecule has 1 N–H and O–H groups in total. The predicted molar refractivity (Wildman–Crippen MR) is 147 cm³/mol. The second kappa shape index (κ2) is 13.1. The molecule has 3 rings (SSSR count). The number of carbonyl (C=O) groups is 2. The van der Waals surface area contributed by atoms with Crippen LogP contribution >= 0.6 is 39.1 Å². The van der Waals surface area contributed by atoms with Gasteiger partial charge in [0.05, 0.1) is 16.5 Å². The van der Waals surface area contributed by atoms with Crippen LogP contribution in [0.25, 0.3) is 0 Å². The fraction of sp³-hybridized carbons (Fsp3) is 0.286. The van der Waals surface area contributed by atoms with Gasteiger partial charge in [-0.15, -0.1) is 0 Å². The summed E-state index contributed by atoms with van der Waals surface area (Å²) in [4.78, 5) is 28.9. The number of hydrogen-bond donors (Lipinski definition) is 1. The van der Waals surface area contributed by atoms with Crippen LogP contribution < -0.4 is 5.32 Å². The summed E-state index contributed by atoms with van der Waals surface area (Å²) in [6.45, 7) is 4.29. The fourth-order valence-electron chi connectivity index (χ4n) is 3.71. The Hall–Kier alpha value is -2.34. The lowest BCUT2D eigenvalue weighted by Crippen LogP contribution is -2.52. The van der Waals surface area contributed by atoms with Crippen LogP contribution in [-0.2, 0) is 29.0 Å². The van der Waals surface area contributed by atoms with Crippen LogP contribution in [0.5, 0.6) is 0 Å². The summed E-state index contributed by atoms with van der Waals surface area (Å²) < 4.78 is 0.949. The minimum atomic E-state index is -0.676. The van der Waals surface area contributed by atoms with Gasteiger partial charge in [0.25, 0.3) is 0 Å². The third-order valence-electron chi connectivity index (χ3n) is 5.88. The molecule has 0 aromatic heterocycles. The van der Waals surface area contributed by atoms with E-state index in [-0.39, 0.29) is 24.3 Å². The lowest BCUT2D eigenvalue weighted by molar-refractivity contribution is -0.141. The summed E-state index contributed by atoms with van der Waals surface area (Å²) in [5.74, 6) is -0.325. The second-order valence-electron chi connectivity index (χ2n) is 8.60. The highest BCUT2D eigenvalue weighted by Crippen LogP contribution is 2.24. The first kappa shape index (κ1) is 27.3. The highest BCUT2D eigenvalue weighted by molar-refractivity contribution is 9.10. The van der Waals surface area contributed by atoms with E-state index in [0.717, 1.165) is 27.6 Å². The van der Waals surface area contributed by atoms with E-state index in [1.54, 1.807) is 23.1 Å². The zero-order chi connectivity index (χ0) is 25.4. The van der Waals surface area contributed by atoms with Gasteiger partial charge < -0.3 is 10.2 Å². The summed E-state index contributed by atoms with van der Waals surface area (Å²) in [5, 5.41) is 3.91. The van der Waals surface area contributed by atoms with Crippen molar-refractivity contribution in [1.29, 1.82) is 0 Å². The molecule has 0 fully saturated rings. The Morgan fingerprint density at radius 3 is 2.20 bits per heavy atom. The van der Waals surface area contributed by atoms with Crippen molar-refractivity contribution in [1.82, 2.24) is 10.2 Å². The van der Waals surface area contributed by atoms with E-state index in [0.29, 0.717) is 23.0 Å². The Morgan fingerprint density at radius 1 is 0.914 bits per heavy atom. The van der Waals surface area contributed by atoms with Gasteiger partial charge in [0.2, 0.25) is 11.8 Å². The predicted octanol–water partition coefficient (Wildman–Crippen LogP) is 6.85. The molecule has 0 saturated carbocycles. The maximum Gasteiger partial charge on any atom is 0.243 e. The molecule has 0 unspecified atom stereocenters. The van der Waals surface area contributed by atoms with E-state index in [1.165, 1.54) is 0 Å². The SMILES string of the molecule is CC[C@@H](C)NC(=O)[C@@H](Cc1ccccc1)N(Cc1ccc(Br)cc1)C(=O)Cc1ccc(Cl)c(Cl)c1. The standard InChI is InChI=1S/C28H29BrCl2N2O2/c1-3-19(2)32-28(35)26(16-20-7-5-4-6-8-20)33(18-21-9-12-23(29)13-10-21)27(34)17-22-11-14-24(30)25(31)15-22/h4-15,19,26H,3,16-18H2,1-2H3,(H,32,35)/t19-,26-/m1/s1. The Labute approximate surface area is 225 Å². The summed E-state index contributed by atoms with van der Waals surface area (Å²) in [6, 6.07) is 22.0. The molecule has 0 spiro atoms. The van der Waals surface area contributed by atoms with E-state index in [4.69, 9.17) is 23.2 Å². The largest absolute Gasteiger partial charge is 0.352 e. The molecular formula is C28H29BrCl2N2O2. The minimum Gasteiger partial charge on any atom is -0.352 e. The molecule has 35 heavy (non-hydrogen) atoms. The van der Waals surface area contributed by atoms with Gasteiger partial charge >= 0.3 is 0 Å². The quantitative estimate of drug-likeness (QED) is 0.287. The van der Waals surface area contributed by atoms with Crippen molar-refractivity contribution in [2.45, 2.75) is 51.7 Å². The molecule has 0 radical (unpaired) electrons. The Morgan fingerprint density at radius 2 is 1.57 bits per heavy atom. The molecule has 4 nitrogen and oxygen atoms in total. The van der Waals surface area contributed by atoms with Crippen LogP contribution in [0.4, 0.5) is 0 Å². The summed E-state index contributed by atoms with van der Waals surface area (Å²) in [6.07, 6.45) is 1.32. The van der Waals surface area contributed by atoms with Crippen molar-refractivity contribution in [3.05, 3.63) is 104 Å². The summed E-state index contributed by atoms with van der Waals surface area (Å²) in [7, 11) is 0. The monoisotopic (exact) mass is 574 g/mol. The fourth-order valence-corrected chi connectivity index (χ4v) is 4.29. The second-order valence-corrected chi connectivity index (χ2v) is 10.3. The van der Waals surface area contributed by atoms with E-state index in [2.05, 4.69) is 21.2 Å². The molecule has 2 atom stereocenters. The first-order chi connectivity index (χ1) is 16.8. The summed E-state index contributed by atoms with van der Waals surface area (Å²) >= 11 is 15.7. The third-order valence-corrected chi connectivity index (χ3v) is 7.15. The average molecular weight is 576 g/mol. The molecule has 3 aromatic carbocycles. The first-order valence-electron chi connectivity index (χ1n) is 11.6. The summed E-state index contributed by atoms with van der Waals surface area (Å²) in [5.41, 5.74) is 2.66. The third kappa shape index (κ3) is 8.09. The van der Waals surface area contributed by atoms with Crippen molar-refractivity contribution >= 4 is 50.9 Å². The highest BCUT2D eigenvalue weighted by atomic mass is 79.9. The maximum atomic E-state index is 13.7. The number of halogens is 3. The van der Waals surface area contributed by atoms with E-state index in [9.17, 15) is 9.59 Å². The number of nitrogens with one attached hydrogen (secondary N) is 1. The maximum absolute atomic E-state index is 13.7. The van der Waals surface area contributed by atoms with E-state index < -0.39 is 6.04 Å². The van der Waals surface area contributed by atoms with Gasteiger partial charge in [0.1, 0.15) is 6.04 Å². The van der Waals surface area contributed by atoms with Crippen molar-refractivity contribution in [2.75, 3.05) is 0 Å². The first-order valence-corrected chi connectivity index (χ1v) is 13.1. The normalized spacial score (nSPS) is 12.6. The molecule has 0 bridgehead atoms. The Bertz CT molecular complexity index is 1140. The Balaban J connectivity index is 1.97. The highest BCUT2D eigenvalue weighted by Gasteiger charge is 2.31. The van der Waals surface area contributed by atoms with E-state index in [1.807, 2.05) is 68.4 Å². The van der Waals surface area contributed by atoms with Crippen LogP contribution in [0.15, 0.2) is 77.3 Å². The smallest absolute Gasteiger partial charge is 0.243 e. The number of hydrogen-bond acceptors (Lipinski definition) is 2. The number of benzene rings is 3. The van der Waals surface area contributed by atoms with Gasteiger partial charge in [-0.3, -0.25) is 9.59 Å². The average Bonchev–Trinajstić information content (AvgIpc) is 2.85. The molecule has 0 heterocycles. The van der Waals surface area contributed by atoms with Gasteiger partial charge in [-0.25, -0.2) is 0 Å².